The van der Waals surface area contributed by atoms with Gasteiger partial charge in [0.2, 0.25) is 5.91 Å². The smallest absolute Gasteiger partial charge is 0.226 e. The lowest BCUT2D eigenvalue weighted by molar-refractivity contribution is -0.135. The molecule has 0 spiro atoms. The molecule has 0 unspecified atom stereocenters. The quantitative estimate of drug-likeness (QED) is 0.332. The fourth-order valence-electron chi connectivity index (χ4n) is 5.02. The predicted molar refractivity (Wildman–Crippen MR) is 141 cm³/mol. The summed E-state index contributed by atoms with van der Waals surface area (Å²) in [5.41, 5.74) is 4.01. The molecule has 7 nitrogen and oxygen atoms in total. The van der Waals surface area contributed by atoms with E-state index in [1.807, 2.05) is 72.5 Å². The van der Waals surface area contributed by atoms with E-state index in [1.54, 1.807) is 10.9 Å². The zero-order chi connectivity index (χ0) is 24.9. The van der Waals surface area contributed by atoms with E-state index < -0.39 is 5.60 Å². The molecule has 0 atom stereocenters. The fraction of sp³-hybridized carbons (Fsp3) is 0.250. The molecule has 0 bridgehead atoms. The Labute approximate surface area is 216 Å². The Morgan fingerprint density at radius 2 is 1.83 bits per heavy atom. The lowest BCUT2D eigenvalue weighted by atomic mass is 9.88. The Kier molecular flexibility index (Phi) is 5.65. The zero-order valence-corrected chi connectivity index (χ0v) is 21.4. The summed E-state index contributed by atoms with van der Waals surface area (Å²) in [5.74, 6) is 0.0540. The van der Waals surface area contributed by atoms with Crippen LogP contribution in [0.25, 0.3) is 27.6 Å². The molecule has 1 fully saturated rings. The summed E-state index contributed by atoms with van der Waals surface area (Å²) in [6.45, 7) is 2.94. The normalized spacial score (nSPS) is 15.6. The third-order valence-electron chi connectivity index (χ3n) is 7.12. The van der Waals surface area contributed by atoms with Crippen molar-refractivity contribution in [2.75, 3.05) is 13.1 Å². The summed E-state index contributed by atoms with van der Waals surface area (Å²) >= 11 is 3.48. The van der Waals surface area contributed by atoms with Crippen molar-refractivity contribution < 1.29 is 14.3 Å². The summed E-state index contributed by atoms with van der Waals surface area (Å²) in [7, 11) is 0. The minimum Gasteiger partial charge on any atom is -0.456 e. The number of aliphatic hydroxyl groups is 1. The van der Waals surface area contributed by atoms with Crippen molar-refractivity contribution in [1.82, 2.24) is 19.9 Å². The number of para-hydroxylation sites is 1. The highest BCUT2D eigenvalue weighted by Gasteiger charge is 2.38. The first-order valence-electron chi connectivity index (χ1n) is 12.0. The van der Waals surface area contributed by atoms with E-state index in [2.05, 4.69) is 26.2 Å². The average Bonchev–Trinajstić information content (AvgIpc) is 3.50. The van der Waals surface area contributed by atoms with Gasteiger partial charge >= 0.3 is 0 Å². The largest absolute Gasteiger partial charge is 0.456 e. The molecule has 1 aliphatic heterocycles. The minimum atomic E-state index is -1.10. The van der Waals surface area contributed by atoms with Crippen LogP contribution in [0.1, 0.15) is 29.7 Å². The van der Waals surface area contributed by atoms with Crippen LogP contribution in [0.5, 0.6) is 0 Å². The van der Waals surface area contributed by atoms with E-state index in [4.69, 9.17) is 4.42 Å². The number of piperidine rings is 1. The second-order valence-electron chi connectivity index (χ2n) is 9.50. The number of benzene rings is 3. The molecule has 3 aromatic carbocycles. The molecule has 2 aromatic heterocycles. The number of fused-ring (bicyclic) bond motifs is 3. The molecule has 1 amide bonds. The van der Waals surface area contributed by atoms with E-state index in [-0.39, 0.29) is 5.91 Å². The number of halogens is 1. The van der Waals surface area contributed by atoms with Gasteiger partial charge in [-0.05, 0) is 67.3 Å². The van der Waals surface area contributed by atoms with Gasteiger partial charge in [-0.3, -0.25) is 4.79 Å². The maximum absolute atomic E-state index is 13.1. The Morgan fingerprint density at radius 3 is 2.64 bits per heavy atom. The molecule has 1 saturated heterocycles. The maximum Gasteiger partial charge on any atom is 0.226 e. The molecule has 0 radical (unpaired) electrons. The highest BCUT2D eigenvalue weighted by molar-refractivity contribution is 9.10. The van der Waals surface area contributed by atoms with Crippen molar-refractivity contribution in [1.29, 1.82) is 0 Å². The van der Waals surface area contributed by atoms with E-state index in [0.717, 1.165) is 43.2 Å². The van der Waals surface area contributed by atoms with Crippen LogP contribution in [0.15, 0.2) is 75.8 Å². The first-order valence-corrected chi connectivity index (χ1v) is 12.8. The zero-order valence-electron chi connectivity index (χ0n) is 19.8. The molecule has 3 heterocycles. The monoisotopic (exact) mass is 544 g/mol. The van der Waals surface area contributed by atoms with Crippen LogP contribution < -0.4 is 0 Å². The molecular formula is C28H25BrN4O3. The Balaban J connectivity index is 1.14. The standard InChI is InChI=1S/C28H25BrN4O3/c1-18-14-20(29)7-8-23(18)33-17-26(30-31-33)28(35)10-12-32(13-11-28)27(34)16-19-6-9-25-22(15-19)21-4-2-3-5-24(21)36-25/h2-9,14-15,17,35H,10-13,16H2,1H3. The number of rotatable bonds is 4. The van der Waals surface area contributed by atoms with Crippen molar-refractivity contribution in [2.24, 2.45) is 0 Å². The Hall–Kier alpha value is -3.49. The predicted octanol–water partition coefficient (Wildman–Crippen LogP) is 5.29. The van der Waals surface area contributed by atoms with Gasteiger partial charge in [-0.25, -0.2) is 4.68 Å². The van der Waals surface area contributed by atoms with Crippen LogP contribution in [-0.2, 0) is 16.8 Å². The lowest BCUT2D eigenvalue weighted by Crippen LogP contribution is -2.45. The van der Waals surface area contributed by atoms with Crippen molar-refractivity contribution in [3.8, 4) is 5.69 Å². The van der Waals surface area contributed by atoms with Crippen molar-refractivity contribution in [3.63, 3.8) is 0 Å². The third-order valence-corrected chi connectivity index (χ3v) is 7.61. The molecule has 6 rings (SSSR count). The number of aryl methyl sites for hydroxylation is 1. The van der Waals surface area contributed by atoms with E-state index in [9.17, 15) is 9.90 Å². The molecule has 0 saturated carbocycles. The summed E-state index contributed by atoms with van der Waals surface area (Å²) in [5, 5.41) is 21.9. The number of carbonyl (C=O) groups is 1. The molecule has 182 valence electrons. The number of nitrogens with zero attached hydrogens (tertiary/aromatic N) is 4. The van der Waals surface area contributed by atoms with Crippen LogP contribution in [0.3, 0.4) is 0 Å². The molecule has 8 heteroatoms. The fourth-order valence-corrected chi connectivity index (χ4v) is 5.50. The van der Waals surface area contributed by atoms with Crippen LogP contribution >= 0.6 is 15.9 Å². The number of likely N-dealkylation sites (tertiary alicyclic amines) is 1. The van der Waals surface area contributed by atoms with Gasteiger partial charge in [-0.2, -0.15) is 0 Å². The van der Waals surface area contributed by atoms with Gasteiger partial charge in [0, 0.05) is 28.3 Å². The minimum absolute atomic E-state index is 0.0540. The summed E-state index contributed by atoms with van der Waals surface area (Å²) in [4.78, 5) is 14.9. The highest BCUT2D eigenvalue weighted by Crippen LogP contribution is 2.33. The molecular weight excluding hydrogens is 520 g/mol. The van der Waals surface area contributed by atoms with E-state index in [1.165, 1.54) is 0 Å². The lowest BCUT2D eigenvalue weighted by Gasteiger charge is -2.37. The molecule has 1 N–H and O–H groups in total. The number of furan rings is 1. The number of hydrogen-bond acceptors (Lipinski definition) is 5. The van der Waals surface area contributed by atoms with Gasteiger partial charge < -0.3 is 14.4 Å². The van der Waals surface area contributed by atoms with Gasteiger partial charge in [0.25, 0.3) is 0 Å². The van der Waals surface area contributed by atoms with Gasteiger partial charge in [-0.1, -0.05) is 45.4 Å². The van der Waals surface area contributed by atoms with Crippen molar-refractivity contribution in [2.45, 2.75) is 31.8 Å². The molecule has 5 aromatic rings. The Morgan fingerprint density at radius 1 is 1.06 bits per heavy atom. The van der Waals surface area contributed by atoms with E-state index >= 15 is 0 Å². The van der Waals surface area contributed by atoms with Crippen LogP contribution in [0.2, 0.25) is 0 Å². The highest BCUT2D eigenvalue weighted by atomic mass is 79.9. The molecule has 1 aliphatic rings. The second-order valence-corrected chi connectivity index (χ2v) is 10.4. The van der Waals surface area contributed by atoms with Gasteiger partial charge in [0.1, 0.15) is 22.5 Å². The van der Waals surface area contributed by atoms with Gasteiger partial charge in [0.05, 0.1) is 18.3 Å². The number of carbonyl (C=O) groups excluding carboxylic acids is 1. The summed E-state index contributed by atoms with van der Waals surface area (Å²) < 4.78 is 8.59. The van der Waals surface area contributed by atoms with E-state index in [0.29, 0.717) is 38.0 Å². The molecule has 36 heavy (non-hydrogen) atoms. The first kappa shape index (κ1) is 22.9. The van der Waals surface area contributed by atoms with Gasteiger partial charge in [-0.15, -0.1) is 5.10 Å². The van der Waals surface area contributed by atoms with Gasteiger partial charge in [0.15, 0.2) is 0 Å². The van der Waals surface area contributed by atoms with Crippen LogP contribution in [-0.4, -0.2) is 44.0 Å². The SMILES string of the molecule is Cc1cc(Br)ccc1-n1cc(C2(O)CCN(C(=O)Cc3ccc4oc5ccccc5c4c3)CC2)nn1. The number of aromatic nitrogens is 3. The third kappa shape index (κ3) is 4.10. The average molecular weight is 545 g/mol. The second kappa shape index (κ2) is 8.87. The van der Waals surface area contributed by atoms with Crippen molar-refractivity contribution >= 4 is 43.8 Å². The van der Waals surface area contributed by atoms with Crippen LogP contribution in [0.4, 0.5) is 0 Å². The number of amides is 1. The number of hydrogen-bond donors (Lipinski definition) is 1. The molecule has 0 aliphatic carbocycles. The summed E-state index contributed by atoms with van der Waals surface area (Å²) in [6.07, 6.45) is 2.94. The Bertz CT molecular complexity index is 1600. The topological polar surface area (TPSA) is 84.4 Å². The summed E-state index contributed by atoms with van der Waals surface area (Å²) in [6, 6.07) is 19.8. The van der Waals surface area contributed by atoms with Crippen molar-refractivity contribution in [3.05, 3.63) is 88.2 Å². The van der Waals surface area contributed by atoms with Crippen LogP contribution in [0, 0.1) is 6.92 Å². The first-order chi connectivity index (χ1) is 17.4. The maximum atomic E-state index is 13.1.